The summed E-state index contributed by atoms with van der Waals surface area (Å²) in [6.07, 6.45) is 2.61. The Morgan fingerprint density at radius 2 is 1.85 bits per heavy atom. The van der Waals surface area contributed by atoms with Crippen LogP contribution in [0.15, 0.2) is 35.8 Å². The molecule has 8 nitrogen and oxygen atoms in total. The maximum Gasteiger partial charge on any atom is 0.142 e. The number of likely N-dealkylation sites (N-methyl/N-ethyl adjacent to an activating group) is 1. The molecule has 240 valence electrons. The molecule has 6 heterocycles. The zero-order chi connectivity index (χ0) is 32.3. The number of hydrogen-bond acceptors (Lipinski definition) is 8. The first-order chi connectivity index (χ1) is 22.1. The Morgan fingerprint density at radius 1 is 1.02 bits per heavy atom. The average Bonchev–Trinajstić information content (AvgIpc) is 3.62. The number of hydrogen-bond donors (Lipinski definition) is 1. The van der Waals surface area contributed by atoms with E-state index in [9.17, 15) is 4.39 Å². The van der Waals surface area contributed by atoms with E-state index in [-0.39, 0.29) is 59.3 Å². The van der Waals surface area contributed by atoms with Gasteiger partial charge in [0.1, 0.15) is 41.2 Å². The van der Waals surface area contributed by atoms with Crippen molar-refractivity contribution in [2.24, 2.45) is 0 Å². The predicted octanol–water partition coefficient (Wildman–Crippen LogP) is 6.93. The van der Waals surface area contributed by atoms with E-state index in [1.165, 1.54) is 23.8 Å². The number of rotatable bonds is 7. The van der Waals surface area contributed by atoms with Crippen LogP contribution in [-0.4, -0.2) is 64.6 Å². The molecule has 5 aromatic rings. The second kappa shape index (κ2) is 12.1. The Balaban J connectivity index is 1.53. The lowest BCUT2D eigenvalue weighted by Crippen LogP contribution is -2.39. The number of pyridine rings is 2. The maximum absolute atomic E-state index is 16.1. The zero-order valence-electron chi connectivity index (χ0n) is 26.3. The standard InChI is InChI=1S/C34H35F3N6O2S/c1-17-15-43-27(18(2)39-17)13-26(41-43)33-31(29-23(36)11-21(35)12-28(29)45-9-8-44-5)30-24(37)16-46-34(30)32(40-33)20-10-22-19(3)42(4)7-6-25(22)38-14-20/h10-14,16-19,39H,6-9,15H2,1-5H3/t17-,18+,19-/m1/s1. The molecule has 4 aromatic heterocycles. The van der Waals surface area contributed by atoms with Crippen molar-refractivity contribution >= 4 is 21.4 Å². The van der Waals surface area contributed by atoms with Crippen molar-refractivity contribution in [1.82, 2.24) is 30.0 Å². The number of benzene rings is 1. The number of halogens is 3. The van der Waals surface area contributed by atoms with E-state index in [4.69, 9.17) is 24.5 Å². The van der Waals surface area contributed by atoms with Crippen molar-refractivity contribution in [3.63, 3.8) is 0 Å². The normalized spacial score (nSPS) is 19.8. The molecule has 0 radical (unpaired) electrons. The van der Waals surface area contributed by atoms with Gasteiger partial charge in [-0.25, -0.2) is 18.2 Å². The molecule has 7 rings (SSSR count). The van der Waals surface area contributed by atoms with E-state index >= 15 is 8.78 Å². The highest BCUT2D eigenvalue weighted by Gasteiger charge is 2.31. The molecule has 0 amide bonds. The lowest BCUT2D eigenvalue weighted by Gasteiger charge is -2.31. The van der Waals surface area contributed by atoms with Crippen LogP contribution in [0, 0.1) is 17.5 Å². The highest BCUT2D eigenvalue weighted by atomic mass is 32.1. The summed E-state index contributed by atoms with van der Waals surface area (Å²) >= 11 is 1.18. The molecule has 0 spiro atoms. The molecule has 0 saturated carbocycles. The number of nitrogens with one attached hydrogen (secondary N) is 1. The number of thiophene rings is 1. The minimum atomic E-state index is -0.893. The molecule has 1 N–H and O–H groups in total. The summed E-state index contributed by atoms with van der Waals surface area (Å²) < 4.78 is 60.2. The summed E-state index contributed by atoms with van der Waals surface area (Å²) in [6, 6.07) is 6.18. The first kappa shape index (κ1) is 30.8. The summed E-state index contributed by atoms with van der Waals surface area (Å²) in [5.41, 5.74) is 5.09. The third kappa shape index (κ3) is 5.26. The molecular weight excluding hydrogens is 613 g/mol. The molecule has 2 aliphatic heterocycles. The van der Waals surface area contributed by atoms with E-state index in [1.54, 1.807) is 6.20 Å². The third-order valence-corrected chi connectivity index (χ3v) is 10.0. The van der Waals surface area contributed by atoms with E-state index in [2.05, 4.69) is 37.2 Å². The minimum Gasteiger partial charge on any atom is -0.490 e. The van der Waals surface area contributed by atoms with Gasteiger partial charge in [-0.05, 0) is 45.5 Å². The third-order valence-electron chi connectivity index (χ3n) is 9.05. The molecule has 1 aromatic carbocycles. The average molecular weight is 649 g/mol. The summed E-state index contributed by atoms with van der Waals surface area (Å²) in [6.45, 7) is 8.02. The van der Waals surface area contributed by atoms with Crippen LogP contribution in [0.2, 0.25) is 0 Å². The predicted molar refractivity (Wildman–Crippen MR) is 173 cm³/mol. The minimum absolute atomic E-state index is 0.00615. The molecule has 0 fully saturated rings. The molecule has 46 heavy (non-hydrogen) atoms. The first-order valence-corrected chi connectivity index (χ1v) is 16.3. The lowest BCUT2D eigenvalue weighted by atomic mass is 9.93. The summed E-state index contributed by atoms with van der Waals surface area (Å²) in [5.74, 6) is -2.32. The van der Waals surface area contributed by atoms with Crippen LogP contribution in [0.4, 0.5) is 13.2 Å². The summed E-state index contributed by atoms with van der Waals surface area (Å²) in [5, 5.41) is 10.0. The Labute approximate surface area is 269 Å². The van der Waals surface area contributed by atoms with Gasteiger partial charge in [0, 0.05) is 84.1 Å². The van der Waals surface area contributed by atoms with Gasteiger partial charge in [-0.15, -0.1) is 11.3 Å². The molecule has 2 aliphatic rings. The van der Waals surface area contributed by atoms with Crippen molar-refractivity contribution < 1.29 is 22.6 Å². The Kier molecular flexibility index (Phi) is 8.08. The SMILES string of the molecule is COCCOc1cc(F)cc(F)c1-c1c(-c2cc3n(n2)C[C@@H](C)N[C@H]3C)nc(-c2cnc3c(c2)[C@@H](C)N(C)CC3)c2scc(F)c12. The van der Waals surface area contributed by atoms with Gasteiger partial charge in [0.15, 0.2) is 0 Å². The van der Waals surface area contributed by atoms with Crippen molar-refractivity contribution in [3.05, 3.63) is 70.2 Å². The topological polar surface area (TPSA) is 77.3 Å². The molecular formula is C34H35F3N6O2S. The number of ether oxygens (including phenoxy) is 2. The van der Waals surface area contributed by atoms with Crippen LogP contribution < -0.4 is 10.1 Å². The second-order valence-corrected chi connectivity index (χ2v) is 13.0. The summed E-state index contributed by atoms with van der Waals surface area (Å²) in [4.78, 5) is 12.2. The van der Waals surface area contributed by atoms with Crippen LogP contribution in [0.3, 0.4) is 0 Å². The molecule has 0 unspecified atom stereocenters. The van der Waals surface area contributed by atoms with Crippen LogP contribution in [0.1, 0.15) is 49.8 Å². The van der Waals surface area contributed by atoms with Gasteiger partial charge >= 0.3 is 0 Å². The largest absolute Gasteiger partial charge is 0.490 e. The van der Waals surface area contributed by atoms with Crippen molar-refractivity contribution in [1.29, 1.82) is 0 Å². The monoisotopic (exact) mass is 648 g/mol. The van der Waals surface area contributed by atoms with Gasteiger partial charge in [0.25, 0.3) is 0 Å². The Hall–Kier alpha value is -3.84. The number of aromatic nitrogens is 4. The van der Waals surface area contributed by atoms with E-state index in [0.29, 0.717) is 22.6 Å². The van der Waals surface area contributed by atoms with Gasteiger partial charge in [0.05, 0.1) is 34.8 Å². The van der Waals surface area contributed by atoms with Gasteiger partial charge in [0.2, 0.25) is 0 Å². The molecule has 0 bridgehead atoms. The maximum atomic E-state index is 16.1. The lowest BCUT2D eigenvalue weighted by molar-refractivity contribution is 0.146. The Bertz CT molecular complexity index is 1960. The van der Waals surface area contributed by atoms with Crippen molar-refractivity contribution in [2.45, 2.75) is 51.9 Å². The summed E-state index contributed by atoms with van der Waals surface area (Å²) in [7, 11) is 3.59. The van der Waals surface area contributed by atoms with Crippen molar-refractivity contribution in [2.75, 3.05) is 33.9 Å². The van der Waals surface area contributed by atoms with E-state index in [1.807, 2.05) is 17.7 Å². The van der Waals surface area contributed by atoms with Gasteiger partial charge in [-0.1, -0.05) is 0 Å². The van der Waals surface area contributed by atoms with Crippen LogP contribution in [-0.2, 0) is 17.7 Å². The number of nitrogens with zero attached hydrogens (tertiary/aromatic N) is 5. The highest BCUT2D eigenvalue weighted by molar-refractivity contribution is 7.17. The fourth-order valence-electron chi connectivity index (χ4n) is 6.64. The first-order valence-electron chi connectivity index (χ1n) is 15.4. The van der Waals surface area contributed by atoms with Crippen LogP contribution >= 0.6 is 11.3 Å². The number of methoxy groups -OCH3 is 1. The Morgan fingerprint density at radius 3 is 2.65 bits per heavy atom. The fourth-order valence-corrected chi connectivity index (χ4v) is 7.57. The molecule has 0 saturated heterocycles. The zero-order valence-corrected chi connectivity index (χ0v) is 27.1. The van der Waals surface area contributed by atoms with Crippen LogP contribution in [0.5, 0.6) is 5.75 Å². The van der Waals surface area contributed by atoms with E-state index < -0.39 is 17.5 Å². The smallest absolute Gasteiger partial charge is 0.142 e. The van der Waals surface area contributed by atoms with Gasteiger partial charge in [-0.3, -0.25) is 14.6 Å². The van der Waals surface area contributed by atoms with E-state index in [0.717, 1.165) is 47.6 Å². The van der Waals surface area contributed by atoms with Gasteiger partial charge < -0.3 is 14.8 Å². The quantitative estimate of drug-likeness (QED) is 0.192. The fraction of sp³-hybridized carbons (Fsp3) is 0.382. The highest BCUT2D eigenvalue weighted by Crippen LogP contribution is 2.48. The second-order valence-electron chi connectivity index (χ2n) is 12.2. The van der Waals surface area contributed by atoms with Crippen LogP contribution in [0.25, 0.3) is 43.9 Å². The molecule has 3 atom stereocenters. The van der Waals surface area contributed by atoms with Crippen molar-refractivity contribution in [3.8, 4) is 39.5 Å². The number of fused-ring (bicyclic) bond motifs is 3. The molecule has 0 aliphatic carbocycles. The van der Waals surface area contributed by atoms with Gasteiger partial charge in [-0.2, -0.15) is 5.10 Å². The molecule has 12 heteroatoms.